The molecular formula is C33H26ClN3O3. The first kappa shape index (κ1) is 23.9. The quantitative estimate of drug-likeness (QED) is 0.310. The van der Waals surface area contributed by atoms with E-state index in [9.17, 15) is 14.4 Å². The Kier molecular flexibility index (Phi) is 4.79. The molecular weight excluding hydrogens is 522 g/mol. The van der Waals surface area contributed by atoms with Crippen LogP contribution < -0.4 is 10.6 Å². The smallest absolute Gasteiger partial charge is 0.251 e. The van der Waals surface area contributed by atoms with Gasteiger partial charge in [0.2, 0.25) is 5.91 Å². The zero-order valence-electron chi connectivity index (χ0n) is 21.8. The molecule has 0 saturated carbocycles. The molecule has 4 aromatic carbocycles. The van der Waals surface area contributed by atoms with Gasteiger partial charge in [-0.05, 0) is 72.5 Å². The van der Waals surface area contributed by atoms with Crippen molar-refractivity contribution in [2.45, 2.75) is 36.8 Å². The second-order valence-corrected chi connectivity index (χ2v) is 11.9. The minimum absolute atomic E-state index is 0.119. The molecule has 0 unspecified atom stereocenters. The molecule has 4 aromatic rings. The number of ketones is 1. The Morgan fingerprint density at radius 1 is 0.900 bits per heavy atom. The lowest BCUT2D eigenvalue weighted by atomic mass is 9.57. The van der Waals surface area contributed by atoms with Crippen molar-refractivity contribution in [3.05, 3.63) is 106 Å². The summed E-state index contributed by atoms with van der Waals surface area (Å²) in [5.74, 6) is -1.49. The number of carbonyl (C=O) groups is 3. The van der Waals surface area contributed by atoms with E-state index in [1.807, 2.05) is 85.8 Å². The van der Waals surface area contributed by atoms with Gasteiger partial charge in [-0.1, -0.05) is 66.2 Å². The highest BCUT2D eigenvalue weighted by Gasteiger charge is 2.81. The lowest BCUT2D eigenvalue weighted by Crippen LogP contribution is -2.62. The van der Waals surface area contributed by atoms with E-state index in [-0.39, 0.29) is 23.6 Å². The highest BCUT2D eigenvalue weighted by Crippen LogP contribution is 2.68. The number of hydrogen-bond donors (Lipinski definition) is 2. The third kappa shape index (κ3) is 2.66. The second kappa shape index (κ2) is 8.03. The first-order chi connectivity index (χ1) is 19.4. The highest BCUT2D eigenvalue weighted by atomic mass is 35.5. The van der Waals surface area contributed by atoms with Gasteiger partial charge in [0.15, 0.2) is 5.78 Å². The van der Waals surface area contributed by atoms with Gasteiger partial charge in [-0.3, -0.25) is 19.3 Å². The van der Waals surface area contributed by atoms with Crippen LogP contribution in [0.1, 0.15) is 39.9 Å². The molecule has 198 valence electrons. The Bertz CT molecular complexity index is 1820. The van der Waals surface area contributed by atoms with Crippen molar-refractivity contribution in [1.29, 1.82) is 0 Å². The maximum Gasteiger partial charge on any atom is 0.251 e. The van der Waals surface area contributed by atoms with Crippen LogP contribution in [-0.4, -0.2) is 35.1 Å². The van der Waals surface area contributed by atoms with Gasteiger partial charge in [0.25, 0.3) is 5.91 Å². The van der Waals surface area contributed by atoms with Crippen molar-refractivity contribution in [2.75, 3.05) is 17.2 Å². The molecule has 2 saturated heterocycles. The number of rotatable bonds is 2. The molecule has 4 heterocycles. The third-order valence-corrected chi connectivity index (χ3v) is 9.90. The normalized spacial score (nSPS) is 28.1. The van der Waals surface area contributed by atoms with Crippen LogP contribution in [0.4, 0.5) is 11.4 Å². The molecule has 0 bridgehead atoms. The molecule has 0 aliphatic carbocycles. The van der Waals surface area contributed by atoms with Gasteiger partial charge >= 0.3 is 0 Å². The number of aryl methyl sites for hydroxylation is 1. The van der Waals surface area contributed by atoms with Crippen LogP contribution in [0.3, 0.4) is 0 Å². The zero-order valence-corrected chi connectivity index (χ0v) is 22.6. The fraction of sp³-hybridized carbons (Fsp3) is 0.242. The van der Waals surface area contributed by atoms with Crippen LogP contribution in [0.2, 0.25) is 5.02 Å². The van der Waals surface area contributed by atoms with E-state index in [0.717, 1.165) is 22.8 Å². The SMILES string of the molecule is Cc1cc(Cl)cc2c1NC(=O)[C@]21N2CCC[C@@H]2[C@H](C(=O)c2ccc3ccccc3c2)[C@]12C(=O)Nc1ccccc12. The Labute approximate surface area is 236 Å². The summed E-state index contributed by atoms with van der Waals surface area (Å²) >= 11 is 6.64. The monoisotopic (exact) mass is 547 g/mol. The van der Waals surface area contributed by atoms with Crippen LogP contribution >= 0.6 is 11.6 Å². The fourth-order valence-electron chi connectivity index (χ4n) is 8.33. The summed E-state index contributed by atoms with van der Waals surface area (Å²) in [6.45, 7) is 2.51. The van der Waals surface area contributed by atoms with E-state index in [1.165, 1.54) is 0 Å². The zero-order chi connectivity index (χ0) is 27.4. The topological polar surface area (TPSA) is 78.5 Å². The number of benzene rings is 4. The lowest BCUT2D eigenvalue weighted by Gasteiger charge is -2.43. The standard InChI is InChI=1S/C33H26ClN3O3/c1-18-15-22(34)17-24-28(18)36-31(40)33(24)32(23-9-4-5-10-25(23)35-30(32)39)27(26-11-6-14-37(26)33)29(38)21-13-12-19-7-2-3-8-20(19)16-21/h2-5,7-10,12-13,15-17,26-27H,6,11,14H2,1H3,(H,35,39)(H,36,40)/t26-,27-,32-,33-/m1/s1. The molecule has 2 amide bonds. The summed E-state index contributed by atoms with van der Waals surface area (Å²) in [6.07, 6.45) is 1.54. The minimum atomic E-state index is -1.48. The summed E-state index contributed by atoms with van der Waals surface area (Å²) in [6, 6.07) is 24.5. The molecule has 2 spiro atoms. The maximum absolute atomic E-state index is 14.9. The molecule has 4 atom stereocenters. The van der Waals surface area contributed by atoms with Crippen molar-refractivity contribution in [3.8, 4) is 0 Å². The predicted molar refractivity (Wildman–Crippen MR) is 155 cm³/mol. The number of nitrogens with zero attached hydrogens (tertiary/aromatic N) is 1. The summed E-state index contributed by atoms with van der Waals surface area (Å²) in [4.78, 5) is 46.2. The number of hydrogen-bond acceptors (Lipinski definition) is 4. The summed E-state index contributed by atoms with van der Waals surface area (Å²) in [5, 5.41) is 8.71. The van der Waals surface area contributed by atoms with Gasteiger partial charge in [-0.15, -0.1) is 0 Å². The van der Waals surface area contributed by atoms with Crippen LogP contribution in [0.15, 0.2) is 78.9 Å². The van der Waals surface area contributed by atoms with Crippen molar-refractivity contribution in [3.63, 3.8) is 0 Å². The van der Waals surface area contributed by atoms with Gasteiger partial charge in [0.1, 0.15) is 11.0 Å². The molecule has 2 fully saturated rings. The van der Waals surface area contributed by atoms with Gasteiger partial charge in [-0.2, -0.15) is 0 Å². The van der Waals surface area contributed by atoms with E-state index in [2.05, 4.69) is 15.5 Å². The predicted octanol–water partition coefficient (Wildman–Crippen LogP) is 5.82. The van der Waals surface area contributed by atoms with Crippen LogP contribution in [-0.2, 0) is 20.5 Å². The van der Waals surface area contributed by atoms with Crippen molar-refractivity contribution < 1.29 is 14.4 Å². The number of nitrogens with one attached hydrogen (secondary N) is 2. The third-order valence-electron chi connectivity index (χ3n) is 9.68. The van der Waals surface area contributed by atoms with Crippen molar-refractivity contribution in [2.24, 2.45) is 5.92 Å². The number of carbonyl (C=O) groups excluding carboxylic acids is 3. The first-order valence-electron chi connectivity index (χ1n) is 13.7. The fourth-order valence-corrected chi connectivity index (χ4v) is 8.61. The average Bonchev–Trinajstić information content (AvgIpc) is 3.67. The van der Waals surface area contributed by atoms with Gasteiger partial charge < -0.3 is 10.6 Å². The van der Waals surface area contributed by atoms with Gasteiger partial charge in [-0.25, -0.2) is 0 Å². The maximum atomic E-state index is 14.9. The number of Topliss-reactive ketones (excluding diaryl/α,β-unsaturated/α-hetero) is 1. The highest BCUT2D eigenvalue weighted by molar-refractivity contribution is 6.31. The minimum Gasteiger partial charge on any atom is -0.325 e. The van der Waals surface area contributed by atoms with Gasteiger partial charge in [0.05, 0.1) is 5.92 Å². The van der Waals surface area contributed by atoms with Crippen LogP contribution in [0.5, 0.6) is 0 Å². The van der Waals surface area contributed by atoms with Crippen LogP contribution in [0, 0.1) is 12.8 Å². The average molecular weight is 548 g/mol. The molecule has 6 nitrogen and oxygen atoms in total. The number of para-hydroxylation sites is 1. The van der Waals surface area contributed by atoms with Gasteiger partial charge in [0, 0.05) is 33.6 Å². The molecule has 0 radical (unpaired) electrons. The largest absolute Gasteiger partial charge is 0.325 e. The van der Waals surface area contributed by atoms with Crippen molar-refractivity contribution in [1.82, 2.24) is 4.90 Å². The Morgan fingerprint density at radius 3 is 2.52 bits per heavy atom. The first-order valence-corrected chi connectivity index (χ1v) is 14.1. The second-order valence-electron chi connectivity index (χ2n) is 11.4. The molecule has 40 heavy (non-hydrogen) atoms. The lowest BCUT2D eigenvalue weighted by molar-refractivity contribution is -0.137. The molecule has 8 rings (SSSR count). The number of amides is 2. The van der Waals surface area contributed by atoms with Crippen LogP contribution in [0.25, 0.3) is 10.8 Å². The van der Waals surface area contributed by atoms with E-state index in [4.69, 9.17) is 11.6 Å². The van der Waals surface area contributed by atoms with E-state index < -0.39 is 16.9 Å². The molecule has 4 aliphatic heterocycles. The Hall–Kier alpha value is -4.00. The number of anilines is 2. The molecule has 7 heteroatoms. The van der Waals surface area contributed by atoms with E-state index in [0.29, 0.717) is 46.1 Å². The number of halogens is 1. The summed E-state index contributed by atoms with van der Waals surface area (Å²) < 4.78 is 0. The van der Waals surface area contributed by atoms with Crippen molar-refractivity contribution >= 4 is 51.3 Å². The molecule has 2 N–H and O–H groups in total. The Morgan fingerprint density at radius 2 is 1.68 bits per heavy atom. The van der Waals surface area contributed by atoms with E-state index in [1.54, 1.807) is 0 Å². The summed E-state index contributed by atoms with van der Waals surface area (Å²) in [5.41, 5.74) is 1.15. The Balaban J connectivity index is 1.46. The number of fused-ring (bicyclic) bond motifs is 8. The summed E-state index contributed by atoms with van der Waals surface area (Å²) in [7, 11) is 0. The van der Waals surface area contributed by atoms with E-state index >= 15 is 0 Å². The molecule has 0 aromatic heterocycles. The molecule has 4 aliphatic rings.